The summed E-state index contributed by atoms with van der Waals surface area (Å²) in [5.74, 6) is 4.77. The lowest BCUT2D eigenvalue weighted by molar-refractivity contribution is -0.141. The van der Waals surface area contributed by atoms with Crippen LogP contribution < -0.4 is 4.74 Å². The fraction of sp³-hybridized carbons (Fsp3) is 0.542. The monoisotopic (exact) mass is 423 g/mol. The summed E-state index contributed by atoms with van der Waals surface area (Å²) in [5, 5.41) is 9.63. The maximum absolute atomic E-state index is 13.4. The van der Waals surface area contributed by atoms with Gasteiger partial charge in [-0.3, -0.25) is 9.36 Å². The first kappa shape index (κ1) is 19.9. The van der Waals surface area contributed by atoms with Gasteiger partial charge in [-0.1, -0.05) is 30.0 Å². The third-order valence-electron chi connectivity index (χ3n) is 7.34. The van der Waals surface area contributed by atoms with E-state index >= 15 is 0 Å². The van der Waals surface area contributed by atoms with E-state index in [1.807, 2.05) is 34.9 Å². The van der Waals surface area contributed by atoms with Crippen LogP contribution in [0.25, 0.3) is 11.4 Å². The lowest BCUT2D eigenvalue weighted by atomic mass is 9.48. The predicted octanol–water partition coefficient (Wildman–Crippen LogP) is 5.02. The number of para-hydroxylation sites is 1. The molecule has 0 saturated heterocycles. The first-order valence-corrected chi connectivity index (χ1v) is 11.9. The fourth-order valence-electron chi connectivity index (χ4n) is 6.45. The molecule has 4 aliphatic rings. The van der Waals surface area contributed by atoms with Gasteiger partial charge in [0, 0.05) is 12.0 Å². The Labute approximate surface area is 182 Å². The van der Waals surface area contributed by atoms with Crippen molar-refractivity contribution in [2.45, 2.75) is 50.2 Å². The quantitative estimate of drug-likeness (QED) is 0.441. The Balaban J connectivity index is 1.36. The molecule has 4 aliphatic carbocycles. The van der Waals surface area contributed by atoms with Crippen molar-refractivity contribution in [3.05, 3.63) is 36.9 Å². The van der Waals surface area contributed by atoms with Crippen molar-refractivity contribution in [3.63, 3.8) is 0 Å². The molecule has 0 radical (unpaired) electrons. The molecule has 5 nitrogen and oxygen atoms in total. The molecule has 158 valence electrons. The van der Waals surface area contributed by atoms with Crippen molar-refractivity contribution in [3.8, 4) is 17.1 Å². The zero-order valence-electron chi connectivity index (χ0n) is 17.5. The Morgan fingerprint density at radius 1 is 1.20 bits per heavy atom. The largest absolute Gasteiger partial charge is 0.496 e. The van der Waals surface area contributed by atoms with Crippen molar-refractivity contribution >= 4 is 17.5 Å². The number of ketones is 1. The normalized spacial score (nSPS) is 29.2. The highest BCUT2D eigenvalue weighted by Crippen LogP contribution is 2.60. The molecule has 4 saturated carbocycles. The highest BCUT2D eigenvalue weighted by molar-refractivity contribution is 7.99. The van der Waals surface area contributed by atoms with Crippen molar-refractivity contribution in [1.29, 1.82) is 0 Å². The fourth-order valence-corrected chi connectivity index (χ4v) is 7.43. The molecule has 0 N–H and O–H groups in total. The van der Waals surface area contributed by atoms with E-state index in [4.69, 9.17) is 4.74 Å². The first-order valence-electron chi connectivity index (χ1n) is 11.0. The minimum Gasteiger partial charge on any atom is -0.496 e. The van der Waals surface area contributed by atoms with Gasteiger partial charge in [-0.25, -0.2) is 0 Å². The standard InChI is InChI=1S/C24H29N3O2S/c1-3-8-27-22(19-6-4-5-7-20(19)29-2)25-26-23(27)30-15-21(28)24-12-16-9-17(13-24)11-18(10-16)14-24/h3-7,16-18H,1,8-15H2,2H3. The molecule has 0 atom stereocenters. The van der Waals surface area contributed by atoms with E-state index in [0.29, 0.717) is 18.1 Å². The molecule has 4 bridgehead atoms. The van der Waals surface area contributed by atoms with Crippen LogP contribution in [0, 0.1) is 23.2 Å². The number of thioether (sulfide) groups is 1. The molecule has 0 spiro atoms. The Morgan fingerprint density at radius 2 is 1.87 bits per heavy atom. The summed E-state index contributed by atoms with van der Waals surface area (Å²) in [6, 6.07) is 7.81. The second-order valence-electron chi connectivity index (χ2n) is 9.32. The molecular weight excluding hydrogens is 394 g/mol. The van der Waals surface area contributed by atoms with Gasteiger partial charge in [0.1, 0.15) is 11.5 Å². The number of allylic oxidation sites excluding steroid dienone is 1. The Kier molecular flexibility index (Phi) is 5.21. The molecule has 0 unspecified atom stereocenters. The average Bonchev–Trinajstić information content (AvgIpc) is 3.13. The first-order chi connectivity index (χ1) is 14.6. The van der Waals surface area contributed by atoms with E-state index < -0.39 is 0 Å². The summed E-state index contributed by atoms with van der Waals surface area (Å²) in [7, 11) is 1.66. The number of aromatic nitrogens is 3. The van der Waals surface area contributed by atoms with Crippen molar-refractivity contribution in [2.75, 3.05) is 12.9 Å². The number of carbonyl (C=O) groups is 1. The van der Waals surface area contributed by atoms with Crippen LogP contribution in [-0.2, 0) is 11.3 Å². The van der Waals surface area contributed by atoms with Gasteiger partial charge in [-0.15, -0.1) is 16.8 Å². The molecule has 0 aliphatic heterocycles. The molecule has 4 fully saturated rings. The van der Waals surface area contributed by atoms with Gasteiger partial charge in [0.15, 0.2) is 11.0 Å². The zero-order valence-corrected chi connectivity index (χ0v) is 18.4. The van der Waals surface area contributed by atoms with Crippen LogP contribution in [0.5, 0.6) is 5.75 Å². The minimum absolute atomic E-state index is 0.0590. The average molecular weight is 424 g/mol. The van der Waals surface area contributed by atoms with Gasteiger partial charge in [0.2, 0.25) is 0 Å². The van der Waals surface area contributed by atoms with Crippen LogP contribution in [-0.4, -0.2) is 33.4 Å². The molecule has 6 heteroatoms. The van der Waals surface area contributed by atoms with Crippen LogP contribution in [0.15, 0.2) is 42.1 Å². The van der Waals surface area contributed by atoms with E-state index in [9.17, 15) is 4.79 Å². The van der Waals surface area contributed by atoms with Crippen molar-refractivity contribution in [1.82, 2.24) is 14.8 Å². The van der Waals surface area contributed by atoms with Gasteiger partial charge in [-0.05, 0) is 68.4 Å². The lowest BCUT2D eigenvalue weighted by Crippen LogP contribution is -2.50. The maximum Gasteiger partial charge on any atom is 0.192 e. The van der Waals surface area contributed by atoms with Crippen LogP contribution in [0.1, 0.15) is 38.5 Å². The molecule has 1 heterocycles. The smallest absolute Gasteiger partial charge is 0.192 e. The third-order valence-corrected chi connectivity index (χ3v) is 8.31. The Hall–Kier alpha value is -2.08. The summed E-state index contributed by atoms with van der Waals surface area (Å²) < 4.78 is 7.54. The second-order valence-corrected chi connectivity index (χ2v) is 10.3. The van der Waals surface area contributed by atoms with Gasteiger partial charge in [0.05, 0.1) is 18.4 Å². The summed E-state index contributed by atoms with van der Waals surface area (Å²) in [6.07, 6.45) is 9.26. The minimum atomic E-state index is -0.0590. The van der Waals surface area contributed by atoms with Crippen LogP contribution in [0.3, 0.4) is 0 Å². The lowest BCUT2D eigenvalue weighted by Gasteiger charge is -2.56. The molecule has 1 aromatic heterocycles. The number of methoxy groups -OCH3 is 1. The number of rotatable bonds is 8. The molecule has 6 rings (SSSR count). The summed E-state index contributed by atoms with van der Waals surface area (Å²) >= 11 is 1.52. The number of Topliss-reactive ketones (excluding diaryl/α,β-unsaturated/α-hetero) is 1. The van der Waals surface area contributed by atoms with E-state index in [1.54, 1.807) is 7.11 Å². The zero-order chi connectivity index (χ0) is 20.7. The number of carbonyl (C=O) groups excluding carboxylic acids is 1. The van der Waals surface area contributed by atoms with Crippen LogP contribution in [0.2, 0.25) is 0 Å². The third kappa shape index (κ3) is 3.39. The van der Waals surface area contributed by atoms with E-state index in [1.165, 1.54) is 31.0 Å². The number of nitrogens with zero attached hydrogens (tertiary/aromatic N) is 3. The molecule has 2 aromatic rings. The highest BCUT2D eigenvalue weighted by Gasteiger charge is 2.54. The second kappa shape index (κ2) is 7.88. The topological polar surface area (TPSA) is 57.0 Å². The van der Waals surface area contributed by atoms with Crippen molar-refractivity contribution in [2.24, 2.45) is 23.2 Å². The van der Waals surface area contributed by atoms with Gasteiger partial charge in [-0.2, -0.15) is 0 Å². The summed E-state index contributed by atoms with van der Waals surface area (Å²) in [6.45, 7) is 4.48. The van der Waals surface area contributed by atoms with Gasteiger partial charge in [0.25, 0.3) is 0 Å². The number of ether oxygens (including phenoxy) is 1. The number of benzene rings is 1. The Bertz CT molecular complexity index is 932. The van der Waals surface area contributed by atoms with Crippen LogP contribution >= 0.6 is 11.8 Å². The van der Waals surface area contributed by atoms with Gasteiger partial charge < -0.3 is 4.74 Å². The van der Waals surface area contributed by atoms with E-state index in [-0.39, 0.29) is 5.41 Å². The predicted molar refractivity (Wildman–Crippen MR) is 119 cm³/mol. The van der Waals surface area contributed by atoms with E-state index in [2.05, 4.69) is 16.8 Å². The molecule has 0 amide bonds. The Morgan fingerprint density at radius 3 is 2.50 bits per heavy atom. The van der Waals surface area contributed by atoms with Crippen LogP contribution in [0.4, 0.5) is 0 Å². The molecular formula is C24H29N3O2S. The van der Waals surface area contributed by atoms with E-state index in [0.717, 1.165) is 59.3 Å². The molecule has 1 aromatic carbocycles. The number of hydrogen-bond donors (Lipinski definition) is 0. The number of hydrogen-bond acceptors (Lipinski definition) is 5. The van der Waals surface area contributed by atoms with Gasteiger partial charge >= 0.3 is 0 Å². The summed E-state index contributed by atoms with van der Waals surface area (Å²) in [4.78, 5) is 13.4. The highest BCUT2D eigenvalue weighted by atomic mass is 32.2. The molecule has 30 heavy (non-hydrogen) atoms. The maximum atomic E-state index is 13.4. The van der Waals surface area contributed by atoms with Crippen molar-refractivity contribution < 1.29 is 9.53 Å². The SMILES string of the molecule is C=CCn1c(SCC(=O)C23CC4CC(CC(C4)C2)C3)nnc1-c1ccccc1OC. The summed E-state index contributed by atoms with van der Waals surface area (Å²) in [5.41, 5.74) is 0.838.